The van der Waals surface area contributed by atoms with Crippen LogP contribution in [0.1, 0.15) is 17.5 Å². The van der Waals surface area contributed by atoms with E-state index in [-0.39, 0.29) is 25.6 Å². The van der Waals surface area contributed by atoms with Gasteiger partial charge < -0.3 is 9.64 Å². The Hall–Kier alpha value is -2.09. The van der Waals surface area contributed by atoms with Crippen LogP contribution in [0.15, 0.2) is 47.4 Å². The zero-order valence-electron chi connectivity index (χ0n) is 16.0. The Kier molecular flexibility index (Phi) is 5.81. The van der Waals surface area contributed by atoms with E-state index in [1.54, 1.807) is 35.2 Å². The minimum absolute atomic E-state index is 0.0993. The number of halogens is 1. The van der Waals surface area contributed by atoms with Crippen LogP contribution in [0.25, 0.3) is 0 Å². The molecule has 1 amide bonds. The van der Waals surface area contributed by atoms with Gasteiger partial charge >= 0.3 is 0 Å². The van der Waals surface area contributed by atoms with Crippen LogP contribution in [-0.2, 0) is 27.7 Å². The van der Waals surface area contributed by atoms with Gasteiger partial charge in [0.15, 0.2) is 6.61 Å². The lowest BCUT2D eigenvalue weighted by atomic mass is 10.1. The van der Waals surface area contributed by atoms with E-state index in [1.807, 2.05) is 12.1 Å². The predicted octanol–water partition coefficient (Wildman–Crippen LogP) is 2.74. The molecule has 2 aliphatic rings. The van der Waals surface area contributed by atoms with Crippen molar-refractivity contribution in [1.82, 2.24) is 9.21 Å². The number of carbonyl (C=O) groups is 1. The average Bonchev–Trinajstić information content (AvgIpc) is 3.20. The second-order valence-corrected chi connectivity index (χ2v) is 9.69. The quantitative estimate of drug-likeness (QED) is 0.725. The van der Waals surface area contributed by atoms with Crippen LogP contribution < -0.4 is 4.74 Å². The van der Waals surface area contributed by atoms with E-state index in [2.05, 4.69) is 0 Å². The van der Waals surface area contributed by atoms with Gasteiger partial charge in [0, 0.05) is 31.2 Å². The maximum atomic E-state index is 13.0. The summed E-state index contributed by atoms with van der Waals surface area (Å²) in [7, 11) is -3.54. The normalized spacial score (nSPS) is 17.2. The van der Waals surface area contributed by atoms with Crippen molar-refractivity contribution in [1.29, 1.82) is 0 Å². The van der Waals surface area contributed by atoms with Crippen LogP contribution in [0.2, 0.25) is 5.02 Å². The first-order valence-electron chi connectivity index (χ1n) is 9.71. The molecule has 2 aromatic carbocycles. The number of carbonyl (C=O) groups excluding carboxylic acids is 1. The van der Waals surface area contributed by atoms with Gasteiger partial charge in [-0.15, -0.1) is 0 Å². The van der Waals surface area contributed by atoms with E-state index in [4.69, 9.17) is 16.3 Å². The number of benzene rings is 2. The Morgan fingerprint density at radius 2 is 1.76 bits per heavy atom. The smallest absolute Gasteiger partial charge is 0.260 e. The molecular weight excluding hydrogens is 412 g/mol. The molecule has 0 bridgehead atoms. The average molecular weight is 435 g/mol. The maximum Gasteiger partial charge on any atom is 0.260 e. The summed E-state index contributed by atoms with van der Waals surface area (Å²) in [6.07, 6.45) is 3.04. The van der Waals surface area contributed by atoms with Crippen molar-refractivity contribution in [3.05, 3.63) is 58.6 Å². The van der Waals surface area contributed by atoms with Crippen molar-refractivity contribution in [2.24, 2.45) is 0 Å². The fourth-order valence-corrected chi connectivity index (χ4v) is 5.48. The van der Waals surface area contributed by atoms with Gasteiger partial charge in [-0.1, -0.05) is 23.7 Å². The number of amides is 1. The first kappa shape index (κ1) is 20.2. The van der Waals surface area contributed by atoms with Gasteiger partial charge in [0.1, 0.15) is 5.75 Å². The molecule has 2 aromatic rings. The van der Waals surface area contributed by atoms with E-state index < -0.39 is 10.0 Å². The van der Waals surface area contributed by atoms with E-state index in [0.717, 1.165) is 24.8 Å². The van der Waals surface area contributed by atoms with Gasteiger partial charge in [0.25, 0.3) is 5.91 Å². The number of nitrogens with zero attached hydrogens (tertiary/aromatic N) is 2. The van der Waals surface area contributed by atoms with Crippen molar-refractivity contribution >= 4 is 27.5 Å². The molecule has 0 atom stereocenters. The first-order valence-corrected chi connectivity index (χ1v) is 11.5. The molecule has 29 heavy (non-hydrogen) atoms. The molecule has 0 saturated carbocycles. The molecule has 4 rings (SSSR count). The molecule has 0 radical (unpaired) electrons. The lowest BCUT2D eigenvalue weighted by molar-refractivity contribution is -0.134. The summed E-state index contributed by atoms with van der Waals surface area (Å²) >= 11 is 5.91. The molecule has 0 spiro atoms. The van der Waals surface area contributed by atoms with E-state index >= 15 is 0 Å². The van der Waals surface area contributed by atoms with E-state index in [0.29, 0.717) is 28.8 Å². The summed E-state index contributed by atoms with van der Waals surface area (Å²) in [6.45, 7) is 1.16. The summed E-state index contributed by atoms with van der Waals surface area (Å²) in [5.41, 5.74) is 2.39. The lowest BCUT2D eigenvalue weighted by Gasteiger charge is -2.34. The van der Waals surface area contributed by atoms with Crippen molar-refractivity contribution in [2.75, 3.05) is 32.8 Å². The number of aryl methyl sites for hydroxylation is 2. The SMILES string of the molecule is O=C(COc1cccc(Cl)c1)N1CCN(S(=O)(=O)c2ccc3c(c2)CCC3)CC1. The summed E-state index contributed by atoms with van der Waals surface area (Å²) in [5, 5.41) is 0.542. The monoisotopic (exact) mass is 434 g/mol. The highest BCUT2D eigenvalue weighted by Crippen LogP contribution is 2.26. The second-order valence-electron chi connectivity index (χ2n) is 7.31. The summed E-state index contributed by atoms with van der Waals surface area (Å²) in [6, 6.07) is 12.3. The van der Waals surface area contributed by atoms with Crippen LogP contribution in [0.5, 0.6) is 5.75 Å². The number of fused-ring (bicyclic) bond motifs is 1. The van der Waals surface area contributed by atoms with Crippen LogP contribution in [-0.4, -0.2) is 56.3 Å². The highest BCUT2D eigenvalue weighted by molar-refractivity contribution is 7.89. The topological polar surface area (TPSA) is 66.9 Å². The van der Waals surface area contributed by atoms with Gasteiger partial charge in [0.2, 0.25) is 10.0 Å². The highest BCUT2D eigenvalue weighted by Gasteiger charge is 2.31. The Bertz CT molecular complexity index is 1020. The molecule has 0 aromatic heterocycles. The molecule has 8 heteroatoms. The van der Waals surface area contributed by atoms with Crippen molar-refractivity contribution in [3.63, 3.8) is 0 Å². The van der Waals surface area contributed by atoms with Crippen molar-refractivity contribution in [3.8, 4) is 5.75 Å². The number of rotatable bonds is 5. The molecule has 1 aliphatic heterocycles. The van der Waals surface area contributed by atoms with Crippen LogP contribution >= 0.6 is 11.6 Å². The molecule has 154 valence electrons. The standard InChI is InChI=1S/C21H23ClN2O4S/c22-18-5-2-6-19(14-18)28-15-21(25)23-9-11-24(12-10-23)29(26,27)20-8-7-16-3-1-4-17(16)13-20/h2,5-8,13-14H,1,3-4,9-12,15H2. The zero-order valence-corrected chi connectivity index (χ0v) is 17.6. The molecule has 0 unspecified atom stereocenters. The third-order valence-electron chi connectivity index (χ3n) is 5.46. The fourth-order valence-electron chi connectivity index (χ4n) is 3.83. The van der Waals surface area contributed by atoms with Gasteiger partial charge in [-0.2, -0.15) is 4.31 Å². The predicted molar refractivity (Wildman–Crippen MR) is 111 cm³/mol. The number of sulfonamides is 1. The third kappa shape index (κ3) is 4.42. The molecule has 1 aliphatic carbocycles. The summed E-state index contributed by atoms with van der Waals surface area (Å²) in [5.74, 6) is 0.364. The highest BCUT2D eigenvalue weighted by atomic mass is 35.5. The van der Waals surface area contributed by atoms with Gasteiger partial charge in [-0.3, -0.25) is 4.79 Å². The Morgan fingerprint density at radius 3 is 2.52 bits per heavy atom. The molecule has 1 fully saturated rings. The van der Waals surface area contributed by atoms with E-state index in [1.165, 1.54) is 9.87 Å². The number of piperazine rings is 1. The fraction of sp³-hybridized carbons (Fsp3) is 0.381. The Labute approximate surface area is 176 Å². The molecule has 0 N–H and O–H groups in total. The summed E-state index contributed by atoms with van der Waals surface area (Å²) in [4.78, 5) is 14.4. The minimum Gasteiger partial charge on any atom is -0.484 e. The molecular formula is C21H23ClN2O4S. The Balaban J connectivity index is 1.34. The number of hydrogen-bond acceptors (Lipinski definition) is 4. The Morgan fingerprint density at radius 1 is 1.00 bits per heavy atom. The second kappa shape index (κ2) is 8.34. The van der Waals surface area contributed by atoms with Crippen molar-refractivity contribution in [2.45, 2.75) is 24.2 Å². The van der Waals surface area contributed by atoms with Crippen LogP contribution in [0, 0.1) is 0 Å². The van der Waals surface area contributed by atoms with E-state index in [9.17, 15) is 13.2 Å². The van der Waals surface area contributed by atoms with Gasteiger partial charge in [-0.05, 0) is 60.7 Å². The van der Waals surface area contributed by atoms with Crippen LogP contribution in [0.4, 0.5) is 0 Å². The zero-order chi connectivity index (χ0) is 20.4. The number of hydrogen-bond donors (Lipinski definition) is 0. The lowest BCUT2D eigenvalue weighted by Crippen LogP contribution is -2.51. The molecule has 1 heterocycles. The van der Waals surface area contributed by atoms with Crippen molar-refractivity contribution < 1.29 is 17.9 Å². The molecule has 1 saturated heterocycles. The molecule has 6 nitrogen and oxygen atoms in total. The van der Waals surface area contributed by atoms with Gasteiger partial charge in [0.05, 0.1) is 4.90 Å². The minimum atomic E-state index is -3.54. The number of ether oxygens (including phenoxy) is 1. The largest absolute Gasteiger partial charge is 0.484 e. The first-order chi connectivity index (χ1) is 13.9. The third-order valence-corrected chi connectivity index (χ3v) is 7.59. The van der Waals surface area contributed by atoms with Crippen LogP contribution in [0.3, 0.4) is 0 Å². The van der Waals surface area contributed by atoms with Gasteiger partial charge in [-0.25, -0.2) is 8.42 Å². The maximum absolute atomic E-state index is 13.0. The summed E-state index contributed by atoms with van der Waals surface area (Å²) < 4.78 is 32.9.